The summed E-state index contributed by atoms with van der Waals surface area (Å²) < 4.78 is 8.91. The molecule has 4 rings (SSSR count). The van der Waals surface area contributed by atoms with Crippen LogP contribution in [0.4, 0.5) is 0 Å². The summed E-state index contributed by atoms with van der Waals surface area (Å²) in [6.07, 6.45) is 6.19. The molecule has 0 bridgehead atoms. The van der Waals surface area contributed by atoms with Gasteiger partial charge in [-0.1, -0.05) is 6.07 Å². The predicted octanol–water partition coefficient (Wildman–Crippen LogP) is 1.49. The van der Waals surface area contributed by atoms with Crippen molar-refractivity contribution < 1.29 is 14.3 Å². The van der Waals surface area contributed by atoms with Crippen molar-refractivity contribution >= 4 is 23.2 Å². The zero-order chi connectivity index (χ0) is 20.8. The number of aryl methyl sites for hydroxylation is 1. The lowest BCUT2D eigenvalue weighted by molar-refractivity contribution is -0.121. The lowest BCUT2D eigenvalue weighted by atomic mass is 10.2. The van der Waals surface area contributed by atoms with Crippen molar-refractivity contribution in [3.05, 3.63) is 48.0 Å². The van der Waals surface area contributed by atoms with E-state index in [2.05, 4.69) is 15.4 Å². The third-order valence-corrected chi connectivity index (χ3v) is 5.73. The summed E-state index contributed by atoms with van der Waals surface area (Å²) in [7, 11) is 0. The summed E-state index contributed by atoms with van der Waals surface area (Å²) in [5, 5.41) is 9.36. The SMILES string of the molecule is O=C(Cn1nc(C(=O)N2CCOCC2)cc1-c1cccs1)NCCCn1ccnc1. The van der Waals surface area contributed by atoms with Gasteiger partial charge in [-0.2, -0.15) is 5.10 Å². The van der Waals surface area contributed by atoms with Crippen molar-refractivity contribution in [2.45, 2.75) is 19.5 Å². The van der Waals surface area contributed by atoms with Crippen molar-refractivity contribution in [1.29, 1.82) is 0 Å². The van der Waals surface area contributed by atoms with E-state index in [-0.39, 0.29) is 18.4 Å². The number of ether oxygens (including phenoxy) is 1. The van der Waals surface area contributed by atoms with Crippen LogP contribution in [0.3, 0.4) is 0 Å². The van der Waals surface area contributed by atoms with E-state index in [1.165, 1.54) is 0 Å². The molecule has 158 valence electrons. The average molecular weight is 429 g/mol. The number of carbonyl (C=O) groups excluding carboxylic acids is 2. The molecule has 9 nitrogen and oxygen atoms in total. The number of aromatic nitrogens is 4. The summed E-state index contributed by atoms with van der Waals surface area (Å²) >= 11 is 1.55. The zero-order valence-electron chi connectivity index (χ0n) is 16.6. The van der Waals surface area contributed by atoms with Crippen LogP contribution in [-0.4, -0.2) is 68.9 Å². The first kappa shape index (κ1) is 20.3. The molecule has 0 radical (unpaired) electrons. The smallest absolute Gasteiger partial charge is 0.274 e. The minimum absolute atomic E-state index is 0.0642. The number of hydrogen-bond donors (Lipinski definition) is 1. The largest absolute Gasteiger partial charge is 0.378 e. The number of nitrogens with zero attached hydrogens (tertiary/aromatic N) is 5. The molecule has 0 spiro atoms. The van der Waals surface area contributed by atoms with E-state index in [1.54, 1.807) is 39.5 Å². The minimum Gasteiger partial charge on any atom is -0.378 e. The van der Waals surface area contributed by atoms with Gasteiger partial charge in [0, 0.05) is 38.6 Å². The maximum absolute atomic E-state index is 12.8. The summed E-state index contributed by atoms with van der Waals surface area (Å²) in [6.45, 7) is 3.59. The second-order valence-electron chi connectivity index (χ2n) is 6.96. The van der Waals surface area contributed by atoms with Gasteiger partial charge in [0.25, 0.3) is 5.91 Å². The van der Waals surface area contributed by atoms with E-state index >= 15 is 0 Å². The molecule has 10 heteroatoms. The van der Waals surface area contributed by atoms with Crippen LogP contribution in [0.2, 0.25) is 0 Å². The predicted molar refractivity (Wildman–Crippen MR) is 112 cm³/mol. The molecule has 3 aromatic rings. The van der Waals surface area contributed by atoms with Gasteiger partial charge in [-0.3, -0.25) is 14.3 Å². The molecule has 1 saturated heterocycles. The first-order valence-electron chi connectivity index (χ1n) is 9.92. The van der Waals surface area contributed by atoms with Gasteiger partial charge in [0.05, 0.1) is 30.1 Å². The molecule has 0 atom stereocenters. The molecule has 2 amide bonds. The molecule has 0 aliphatic carbocycles. The highest BCUT2D eigenvalue weighted by Gasteiger charge is 2.23. The number of imidazole rings is 1. The molecule has 30 heavy (non-hydrogen) atoms. The Hall–Kier alpha value is -2.98. The Morgan fingerprint density at radius 1 is 1.27 bits per heavy atom. The van der Waals surface area contributed by atoms with Gasteiger partial charge in [-0.25, -0.2) is 4.98 Å². The monoisotopic (exact) mass is 428 g/mol. The summed E-state index contributed by atoms with van der Waals surface area (Å²) in [4.78, 5) is 32.0. The Kier molecular flexibility index (Phi) is 6.55. The quantitative estimate of drug-likeness (QED) is 0.549. The molecule has 0 aromatic carbocycles. The molecule has 4 heterocycles. The van der Waals surface area contributed by atoms with E-state index in [0.717, 1.165) is 23.5 Å². The van der Waals surface area contributed by atoms with E-state index in [4.69, 9.17) is 4.74 Å². The maximum Gasteiger partial charge on any atom is 0.274 e. The van der Waals surface area contributed by atoms with Crippen molar-refractivity contribution in [2.24, 2.45) is 0 Å². The summed E-state index contributed by atoms with van der Waals surface area (Å²) in [5.74, 6) is -0.262. The molecule has 1 N–H and O–H groups in total. The Labute approximate surface area is 178 Å². The number of nitrogens with one attached hydrogen (secondary N) is 1. The lowest BCUT2D eigenvalue weighted by Gasteiger charge is -2.25. The maximum atomic E-state index is 12.8. The Bertz CT molecular complexity index is 961. The van der Waals surface area contributed by atoms with Gasteiger partial charge in [-0.15, -0.1) is 11.3 Å². The highest BCUT2D eigenvalue weighted by Crippen LogP contribution is 2.26. The van der Waals surface area contributed by atoms with E-state index in [9.17, 15) is 9.59 Å². The van der Waals surface area contributed by atoms with Crippen LogP contribution < -0.4 is 5.32 Å². The van der Waals surface area contributed by atoms with E-state index in [1.807, 2.05) is 28.3 Å². The van der Waals surface area contributed by atoms with Crippen molar-refractivity contribution in [3.8, 4) is 10.6 Å². The average Bonchev–Trinajstić information content (AvgIpc) is 3.53. The van der Waals surface area contributed by atoms with Gasteiger partial charge in [-0.05, 0) is 23.9 Å². The Balaban J connectivity index is 1.41. The van der Waals surface area contributed by atoms with Crippen LogP contribution >= 0.6 is 11.3 Å². The topological polar surface area (TPSA) is 94.3 Å². The van der Waals surface area contributed by atoms with Gasteiger partial charge in [0.1, 0.15) is 6.54 Å². The number of hydrogen-bond acceptors (Lipinski definition) is 6. The van der Waals surface area contributed by atoms with Crippen LogP contribution in [0.25, 0.3) is 10.6 Å². The first-order valence-corrected chi connectivity index (χ1v) is 10.8. The van der Waals surface area contributed by atoms with Crippen molar-refractivity contribution in [2.75, 3.05) is 32.8 Å². The van der Waals surface area contributed by atoms with Crippen LogP contribution in [0.1, 0.15) is 16.9 Å². The lowest BCUT2D eigenvalue weighted by Crippen LogP contribution is -2.41. The second-order valence-corrected chi connectivity index (χ2v) is 7.91. The van der Waals surface area contributed by atoms with Crippen molar-refractivity contribution in [1.82, 2.24) is 29.5 Å². The number of carbonyl (C=O) groups is 2. The molecular formula is C20H24N6O3S. The first-order chi connectivity index (χ1) is 14.7. The number of thiophene rings is 1. The molecule has 0 saturated carbocycles. The van der Waals surface area contributed by atoms with Crippen molar-refractivity contribution in [3.63, 3.8) is 0 Å². The third-order valence-electron chi connectivity index (χ3n) is 4.84. The zero-order valence-corrected chi connectivity index (χ0v) is 17.4. The number of rotatable bonds is 8. The molecule has 3 aromatic heterocycles. The highest BCUT2D eigenvalue weighted by atomic mass is 32.1. The van der Waals surface area contributed by atoms with Gasteiger partial charge < -0.3 is 19.5 Å². The Morgan fingerprint density at radius 2 is 2.13 bits per heavy atom. The second kappa shape index (κ2) is 9.68. The molecule has 1 aliphatic rings. The fourth-order valence-corrected chi connectivity index (χ4v) is 4.04. The van der Waals surface area contributed by atoms with E-state index in [0.29, 0.717) is 38.5 Å². The normalized spacial score (nSPS) is 14.1. The molecule has 0 unspecified atom stereocenters. The van der Waals surface area contributed by atoms with Crippen LogP contribution in [0, 0.1) is 0 Å². The molecule has 1 fully saturated rings. The van der Waals surface area contributed by atoms with Crippen LogP contribution in [0.15, 0.2) is 42.3 Å². The Morgan fingerprint density at radius 3 is 2.87 bits per heavy atom. The van der Waals surface area contributed by atoms with E-state index < -0.39 is 0 Å². The van der Waals surface area contributed by atoms with Crippen LogP contribution in [-0.2, 0) is 22.6 Å². The number of morpholine rings is 1. The number of amides is 2. The molecule has 1 aliphatic heterocycles. The van der Waals surface area contributed by atoms with Gasteiger partial charge in [0.15, 0.2) is 5.69 Å². The minimum atomic E-state index is -0.132. The molecular weight excluding hydrogens is 404 g/mol. The van der Waals surface area contributed by atoms with Gasteiger partial charge >= 0.3 is 0 Å². The van der Waals surface area contributed by atoms with Crippen LogP contribution in [0.5, 0.6) is 0 Å². The fourth-order valence-electron chi connectivity index (χ4n) is 3.29. The fraction of sp³-hybridized carbons (Fsp3) is 0.400. The third kappa shape index (κ3) is 4.95. The summed E-state index contributed by atoms with van der Waals surface area (Å²) in [6, 6.07) is 5.68. The van der Waals surface area contributed by atoms with Gasteiger partial charge in [0.2, 0.25) is 5.91 Å². The summed E-state index contributed by atoms with van der Waals surface area (Å²) in [5.41, 5.74) is 1.13. The standard InChI is InChI=1S/C20H24N6O3S/c27-19(22-4-2-6-24-7-5-21-15-24)14-26-17(18-3-1-12-30-18)13-16(23-26)20(28)25-8-10-29-11-9-25/h1,3,5,7,12-13,15H,2,4,6,8-11,14H2,(H,22,27). The highest BCUT2D eigenvalue weighted by molar-refractivity contribution is 7.13.